The Morgan fingerprint density at radius 3 is 1.38 bits per heavy atom. The summed E-state index contributed by atoms with van der Waals surface area (Å²) in [5.41, 5.74) is 1.35. The highest BCUT2D eigenvalue weighted by atomic mass is 16.2. The number of carbonyl (C=O) groups is 4. The van der Waals surface area contributed by atoms with Gasteiger partial charge in [0.05, 0.1) is 12.1 Å². The van der Waals surface area contributed by atoms with Crippen LogP contribution in [0.4, 0.5) is 9.59 Å². The van der Waals surface area contributed by atoms with Gasteiger partial charge in [0.25, 0.3) is 0 Å². The van der Waals surface area contributed by atoms with Crippen molar-refractivity contribution in [3.8, 4) is 0 Å². The summed E-state index contributed by atoms with van der Waals surface area (Å²) in [5.74, 6) is -1.54. The summed E-state index contributed by atoms with van der Waals surface area (Å²) in [6.45, 7) is 3.82. The van der Waals surface area contributed by atoms with Crippen LogP contribution in [0, 0.1) is 19.3 Å². The fourth-order valence-electron chi connectivity index (χ4n) is 3.98. The van der Waals surface area contributed by atoms with Crippen LogP contribution in [0.25, 0.3) is 0 Å². The van der Waals surface area contributed by atoms with Crippen LogP contribution in [0.15, 0.2) is 48.5 Å². The molecule has 8 heteroatoms. The maximum Gasteiger partial charge on any atom is 0.328 e. The van der Waals surface area contributed by atoms with Gasteiger partial charge in [-0.05, 0) is 25.0 Å². The van der Waals surface area contributed by atoms with Crippen LogP contribution in [0.1, 0.15) is 34.3 Å². The molecule has 4 N–H and O–H groups in total. The Labute approximate surface area is 167 Å². The molecule has 6 amide bonds. The number of nitrogens with one attached hydrogen (secondary N) is 4. The fraction of sp³-hybridized carbons (Fsp3) is 0.238. The topological polar surface area (TPSA) is 116 Å². The molecule has 2 unspecified atom stereocenters. The SMILES string of the molecule is Cc1ccc(C2NC(=O)NC(c3ccc(C)cc3)C23C(=O)NC(=O)NC3=O)cc1. The van der Waals surface area contributed by atoms with E-state index >= 15 is 0 Å². The molecule has 2 atom stereocenters. The van der Waals surface area contributed by atoms with Gasteiger partial charge in [0, 0.05) is 0 Å². The third-order valence-electron chi connectivity index (χ3n) is 5.49. The molecule has 1 spiro atoms. The zero-order chi connectivity index (χ0) is 20.8. The van der Waals surface area contributed by atoms with Crippen molar-refractivity contribution in [1.82, 2.24) is 21.3 Å². The van der Waals surface area contributed by atoms with Gasteiger partial charge in [0.2, 0.25) is 11.8 Å². The molecule has 0 aliphatic carbocycles. The molecule has 2 aromatic carbocycles. The van der Waals surface area contributed by atoms with E-state index in [-0.39, 0.29) is 0 Å². The largest absolute Gasteiger partial charge is 0.330 e. The summed E-state index contributed by atoms with van der Waals surface area (Å²) >= 11 is 0. The number of imide groups is 2. The van der Waals surface area contributed by atoms with E-state index in [4.69, 9.17) is 0 Å². The first-order valence-electron chi connectivity index (χ1n) is 9.19. The standard InChI is InChI=1S/C21H20N4O4/c1-11-3-7-13(8-4-11)15-21(17(26)24-20(29)25-18(21)27)16(23-19(28)22-15)14-9-5-12(2)6-10-14/h3-10,15-16H,1-2H3,(H2,22,23,28)(H2,24,25,26,27,29). The first-order chi connectivity index (χ1) is 13.8. The molecule has 148 valence electrons. The summed E-state index contributed by atoms with van der Waals surface area (Å²) in [7, 11) is 0. The maximum absolute atomic E-state index is 13.2. The van der Waals surface area contributed by atoms with Crippen molar-refractivity contribution >= 4 is 23.9 Å². The number of barbiturate groups is 1. The molecule has 8 nitrogen and oxygen atoms in total. The predicted molar refractivity (Wildman–Crippen MR) is 104 cm³/mol. The molecule has 4 rings (SSSR count). The quantitative estimate of drug-likeness (QED) is 0.583. The summed E-state index contributed by atoms with van der Waals surface area (Å²) in [6, 6.07) is 11.0. The van der Waals surface area contributed by atoms with Crippen LogP contribution in [0.3, 0.4) is 0 Å². The molecule has 2 fully saturated rings. The van der Waals surface area contributed by atoms with E-state index in [1.807, 2.05) is 38.1 Å². The monoisotopic (exact) mass is 392 g/mol. The second-order valence-electron chi connectivity index (χ2n) is 7.41. The van der Waals surface area contributed by atoms with Crippen LogP contribution in [0.2, 0.25) is 0 Å². The van der Waals surface area contributed by atoms with Crippen molar-refractivity contribution in [2.24, 2.45) is 5.41 Å². The number of urea groups is 2. The van der Waals surface area contributed by atoms with Crippen molar-refractivity contribution in [2.75, 3.05) is 0 Å². The number of aryl methyl sites for hydroxylation is 2. The van der Waals surface area contributed by atoms with Crippen LogP contribution in [0.5, 0.6) is 0 Å². The molecule has 2 aromatic rings. The van der Waals surface area contributed by atoms with Gasteiger partial charge in [-0.25, -0.2) is 9.59 Å². The molecular formula is C21H20N4O4. The zero-order valence-corrected chi connectivity index (χ0v) is 15.9. The number of rotatable bonds is 2. The number of benzene rings is 2. The Bertz CT molecular complexity index is 934. The molecule has 2 heterocycles. The van der Waals surface area contributed by atoms with Gasteiger partial charge in [-0.2, -0.15) is 0 Å². The molecule has 2 aliphatic rings. The van der Waals surface area contributed by atoms with E-state index in [9.17, 15) is 19.2 Å². The molecular weight excluding hydrogens is 372 g/mol. The van der Waals surface area contributed by atoms with E-state index in [0.29, 0.717) is 11.1 Å². The van der Waals surface area contributed by atoms with E-state index in [2.05, 4.69) is 21.3 Å². The molecule has 0 aromatic heterocycles. The maximum atomic E-state index is 13.2. The number of amides is 6. The number of hydrogen-bond donors (Lipinski definition) is 4. The van der Waals surface area contributed by atoms with Gasteiger partial charge < -0.3 is 10.6 Å². The van der Waals surface area contributed by atoms with Crippen LogP contribution < -0.4 is 21.3 Å². The molecule has 0 bridgehead atoms. The first-order valence-corrected chi connectivity index (χ1v) is 9.19. The molecule has 0 saturated carbocycles. The lowest BCUT2D eigenvalue weighted by Crippen LogP contribution is -2.73. The Morgan fingerprint density at radius 2 is 1.00 bits per heavy atom. The second kappa shape index (κ2) is 6.73. The van der Waals surface area contributed by atoms with Crippen LogP contribution >= 0.6 is 0 Å². The van der Waals surface area contributed by atoms with Crippen molar-refractivity contribution in [2.45, 2.75) is 25.9 Å². The summed E-state index contributed by atoms with van der Waals surface area (Å²) in [6.07, 6.45) is 0. The highest BCUT2D eigenvalue weighted by Gasteiger charge is 2.64. The van der Waals surface area contributed by atoms with Gasteiger partial charge in [0.15, 0.2) is 5.41 Å². The molecule has 29 heavy (non-hydrogen) atoms. The average molecular weight is 392 g/mol. The van der Waals surface area contributed by atoms with Crippen molar-refractivity contribution in [3.63, 3.8) is 0 Å². The highest BCUT2D eigenvalue weighted by molar-refractivity contribution is 6.21. The van der Waals surface area contributed by atoms with Gasteiger partial charge in [-0.15, -0.1) is 0 Å². The minimum atomic E-state index is -1.80. The summed E-state index contributed by atoms with van der Waals surface area (Å²) in [4.78, 5) is 50.7. The van der Waals surface area contributed by atoms with Gasteiger partial charge in [0.1, 0.15) is 0 Å². The number of carbonyl (C=O) groups excluding carboxylic acids is 4. The van der Waals surface area contributed by atoms with Crippen molar-refractivity contribution in [1.29, 1.82) is 0 Å². The van der Waals surface area contributed by atoms with E-state index in [0.717, 1.165) is 11.1 Å². The Balaban J connectivity index is 1.93. The van der Waals surface area contributed by atoms with E-state index < -0.39 is 41.4 Å². The van der Waals surface area contributed by atoms with Gasteiger partial charge in [-0.3, -0.25) is 20.2 Å². The average Bonchev–Trinajstić information content (AvgIpc) is 2.67. The van der Waals surface area contributed by atoms with Gasteiger partial charge in [-0.1, -0.05) is 59.7 Å². The highest BCUT2D eigenvalue weighted by Crippen LogP contribution is 2.48. The van der Waals surface area contributed by atoms with Gasteiger partial charge >= 0.3 is 12.1 Å². The Morgan fingerprint density at radius 1 is 0.621 bits per heavy atom. The van der Waals surface area contributed by atoms with Crippen LogP contribution in [-0.2, 0) is 9.59 Å². The smallest absolute Gasteiger partial charge is 0.328 e. The Hall–Kier alpha value is -3.68. The minimum absolute atomic E-state index is 0.510. The zero-order valence-electron chi connectivity index (χ0n) is 15.9. The predicted octanol–water partition coefficient (Wildman–Crippen LogP) is 1.75. The molecule has 0 radical (unpaired) electrons. The lowest BCUT2D eigenvalue weighted by atomic mass is 9.65. The summed E-state index contributed by atoms with van der Waals surface area (Å²) < 4.78 is 0. The molecule has 2 aliphatic heterocycles. The lowest BCUT2D eigenvalue weighted by Gasteiger charge is -2.48. The van der Waals surface area contributed by atoms with Crippen LogP contribution in [-0.4, -0.2) is 23.9 Å². The lowest BCUT2D eigenvalue weighted by molar-refractivity contribution is -0.150. The van der Waals surface area contributed by atoms with Crippen molar-refractivity contribution in [3.05, 3.63) is 70.8 Å². The van der Waals surface area contributed by atoms with E-state index in [1.165, 1.54) is 0 Å². The molecule has 2 saturated heterocycles. The third kappa shape index (κ3) is 2.93. The third-order valence-corrected chi connectivity index (χ3v) is 5.49. The number of hydrogen-bond acceptors (Lipinski definition) is 4. The first kappa shape index (κ1) is 18.7. The van der Waals surface area contributed by atoms with Crippen molar-refractivity contribution < 1.29 is 19.2 Å². The summed E-state index contributed by atoms with van der Waals surface area (Å²) in [5, 5.41) is 9.85. The minimum Gasteiger partial charge on any atom is -0.330 e. The fourth-order valence-corrected chi connectivity index (χ4v) is 3.98. The Kier molecular flexibility index (Phi) is 4.34. The second-order valence-corrected chi connectivity index (χ2v) is 7.41. The van der Waals surface area contributed by atoms with E-state index in [1.54, 1.807) is 24.3 Å². The normalized spacial score (nSPS) is 23.1.